The Kier molecular flexibility index (Phi) is 6.63. The molecule has 124 valence electrons. The Balaban J connectivity index is 4.81. The van der Waals surface area contributed by atoms with E-state index in [1.165, 1.54) is 4.90 Å². The second kappa shape index (κ2) is 6.92. The van der Waals surface area contributed by atoms with Crippen LogP contribution in [0.3, 0.4) is 0 Å². The van der Waals surface area contributed by atoms with Crippen LogP contribution in [0.2, 0.25) is 18.1 Å². The minimum atomic E-state index is -1.87. The van der Waals surface area contributed by atoms with Crippen molar-refractivity contribution < 1.29 is 19.1 Å². The van der Waals surface area contributed by atoms with Gasteiger partial charge in [-0.3, -0.25) is 4.90 Å². The highest BCUT2D eigenvalue weighted by molar-refractivity contribution is 6.74. The maximum Gasteiger partial charge on any atom is 0.408 e. The SMILES string of the molecule is CC(C)(C)N(C(=O)O)C(C=O)CCO[Si](C)(C)C(C)(C)C. The van der Waals surface area contributed by atoms with Crippen LogP contribution in [-0.2, 0) is 9.22 Å². The zero-order chi connectivity index (χ0) is 17.1. The van der Waals surface area contributed by atoms with Crippen LogP contribution in [0.5, 0.6) is 0 Å². The van der Waals surface area contributed by atoms with E-state index in [1.807, 2.05) is 0 Å². The van der Waals surface area contributed by atoms with Gasteiger partial charge < -0.3 is 14.3 Å². The van der Waals surface area contributed by atoms with E-state index in [1.54, 1.807) is 20.8 Å². The molecule has 0 aliphatic heterocycles. The van der Waals surface area contributed by atoms with Gasteiger partial charge in [-0.05, 0) is 45.3 Å². The van der Waals surface area contributed by atoms with Crippen molar-refractivity contribution in [3.05, 3.63) is 0 Å². The van der Waals surface area contributed by atoms with Gasteiger partial charge in [0, 0.05) is 12.1 Å². The third-order valence-electron chi connectivity index (χ3n) is 4.10. The van der Waals surface area contributed by atoms with Gasteiger partial charge in [0.1, 0.15) is 6.29 Å². The molecular weight excluding hydrogens is 286 g/mol. The quantitative estimate of drug-likeness (QED) is 0.598. The third-order valence-corrected chi connectivity index (χ3v) is 8.64. The summed E-state index contributed by atoms with van der Waals surface area (Å²) in [6, 6.07) is -0.674. The van der Waals surface area contributed by atoms with E-state index in [0.29, 0.717) is 19.3 Å². The molecular formula is C15H31NO4Si. The van der Waals surface area contributed by atoms with Gasteiger partial charge >= 0.3 is 6.09 Å². The Labute approximate surface area is 129 Å². The van der Waals surface area contributed by atoms with Crippen molar-refractivity contribution >= 4 is 20.7 Å². The summed E-state index contributed by atoms with van der Waals surface area (Å²) in [5.41, 5.74) is -0.617. The summed E-state index contributed by atoms with van der Waals surface area (Å²) in [5.74, 6) is 0. The zero-order valence-corrected chi connectivity index (χ0v) is 15.7. The second-order valence-electron chi connectivity index (χ2n) is 7.92. The average Bonchev–Trinajstić information content (AvgIpc) is 2.23. The lowest BCUT2D eigenvalue weighted by atomic mass is 10.0. The van der Waals surface area contributed by atoms with Gasteiger partial charge in [0.25, 0.3) is 0 Å². The first-order chi connectivity index (χ1) is 9.24. The first kappa shape index (κ1) is 20.1. The Morgan fingerprint density at radius 2 is 1.71 bits per heavy atom. The molecule has 0 saturated heterocycles. The summed E-state index contributed by atoms with van der Waals surface area (Å²) in [4.78, 5) is 23.9. The minimum Gasteiger partial charge on any atom is -0.465 e. The molecule has 1 unspecified atom stereocenters. The van der Waals surface area contributed by atoms with E-state index in [9.17, 15) is 14.7 Å². The molecule has 0 aromatic rings. The molecule has 0 rings (SSSR count). The number of hydrogen-bond acceptors (Lipinski definition) is 3. The van der Waals surface area contributed by atoms with E-state index >= 15 is 0 Å². The van der Waals surface area contributed by atoms with Crippen molar-refractivity contribution in [2.45, 2.75) is 77.7 Å². The van der Waals surface area contributed by atoms with Crippen LogP contribution in [0.4, 0.5) is 4.79 Å². The number of amides is 1. The van der Waals surface area contributed by atoms with Crippen LogP contribution < -0.4 is 0 Å². The molecule has 0 spiro atoms. The summed E-state index contributed by atoms with van der Waals surface area (Å²) < 4.78 is 6.03. The molecule has 0 radical (unpaired) electrons. The summed E-state index contributed by atoms with van der Waals surface area (Å²) in [6.45, 7) is 16.5. The molecule has 1 atom stereocenters. The van der Waals surface area contributed by atoms with Crippen molar-refractivity contribution in [3.8, 4) is 0 Å². The second-order valence-corrected chi connectivity index (χ2v) is 12.7. The van der Waals surface area contributed by atoms with E-state index in [4.69, 9.17) is 4.43 Å². The lowest BCUT2D eigenvalue weighted by molar-refractivity contribution is -0.114. The molecule has 0 aliphatic rings. The number of hydrogen-bond donors (Lipinski definition) is 1. The third kappa shape index (κ3) is 5.78. The van der Waals surface area contributed by atoms with Crippen molar-refractivity contribution in [2.24, 2.45) is 0 Å². The zero-order valence-electron chi connectivity index (χ0n) is 14.7. The van der Waals surface area contributed by atoms with Crippen molar-refractivity contribution in [1.82, 2.24) is 4.90 Å². The predicted molar refractivity (Wildman–Crippen MR) is 87.2 cm³/mol. The maximum absolute atomic E-state index is 11.4. The van der Waals surface area contributed by atoms with Gasteiger partial charge in [0.05, 0.1) is 6.04 Å². The van der Waals surface area contributed by atoms with Crippen molar-refractivity contribution in [1.29, 1.82) is 0 Å². The molecule has 0 saturated carbocycles. The molecule has 6 heteroatoms. The number of nitrogens with zero attached hydrogens (tertiary/aromatic N) is 1. The molecule has 0 bridgehead atoms. The summed E-state index contributed by atoms with van der Waals surface area (Å²) in [7, 11) is -1.87. The average molecular weight is 318 g/mol. The largest absolute Gasteiger partial charge is 0.465 e. The lowest BCUT2D eigenvalue weighted by Gasteiger charge is -2.39. The summed E-state index contributed by atoms with van der Waals surface area (Å²) in [6.07, 6.45) is 0.0143. The van der Waals surface area contributed by atoms with Crippen molar-refractivity contribution in [3.63, 3.8) is 0 Å². The van der Waals surface area contributed by atoms with Crippen LogP contribution in [0.1, 0.15) is 48.0 Å². The van der Waals surface area contributed by atoms with Crippen LogP contribution >= 0.6 is 0 Å². The fourth-order valence-electron chi connectivity index (χ4n) is 1.84. The highest BCUT2D eigenvalue weighted by Crippen LogP contribution is 2.36. The standard InChI is InChI=1S/C15H31NO4Si/c1-14(2,3)16(13(18)19)12(11-17)9-10-20-21(7,8)15(4,5)6/h11-12H,9-10H2,1-8H3,(H,18,19). The Morgan fingerprint density at radius 1 is 1.24 bits per heavy atom. The molecule has 0 heterocycles. The van der Waals surface area contributed by atoms with Gasteiger partial charge in [-0.2, -0.15) is 0 Å². The van der Waals surface area contributed by atoms with Crippen LogP contribution in [0.15, 0.2) is 0 Å². The molecule has 5 nitrogen and oxygen atoms in total. The lowest BCUT2D eigenvalue weighted by Crippen LogP contribution is -2.52. The fourth-order valence-corrected chi connectivity index (χ4v) is 2.90. The van der Waals surface area contributed by atoms with Crippen LogP contribution in [0, 0.1) is 0 Å². The van der Waals surface area contributed by atoms with Crippen LogP contribution in [-0.4, -0.2) is 48.9 Å². The summed E-state index contributed by atoms with van der Waals surface area (Å²) >= 11 is 0. The van der Waals surface area contributed by atoms with E-state index in [0.717, 1.165) is 0 Å². The molecule has 1 amide bonds. The molecule has 0 aliphatic carbocycles. The molecule has 1 N–H and O–H groups in total. The molecule has 0 aromatic carbocycles. The van der Waals surface area contributed by atoms with Gasteiger partial charge in [-0.15, -0.1) is 0 Å². The number of carboxylic acid groups (broad SMARTS) is 1. The first-order valence-electron chi connectivity index (χ1n) is 7.35. The topological polar surface area (TPSA) is 66.8 Å². The van der Waals surface area contributed by atoms with Gasteiger partial charge in [-0.25, -0.2) is 4.79 Å². The normalized spacial score (nSPS) is 14.7. The molecule has 0 fully saturated rings. The molecule has 0 aromatic heterocycles. The van der Waals surface area contributed by atoms with Gasteiger partial charge in [-0.1, -0.05) is 20.8 Å². The highest BCUT2D eigenvalue weighted by atomic mass is 28.4. The first-order valence-corrected chi connectivity index (χ1v) is 10.3. The summed E-state index contributed by atoms with van der Waals surface area (Å²) in [5, 5.41) is 9.43. The number of aldehydes is 1. The van der Waals surface area contributed by atoms with E-state index in [-0.39, 0.29) is 5.04 Å². The Morgan fingerprint density at radius 3 is 2.00 bits per heavy atom. The van der Waals surface area contributed by atoms with E-state index < -0.39 is 26.0 Å². The van der Waals surface area contributed by atoms with Gasteiger partial charge in [0.15, 0.2) is 8.32 Å². The van der Waals surface area contributed by atoms with E-state index in [2.05, 4.69) is 33.9 Å². The number of carbonyl (C=O) groups excluding carboxylic acids is 1. The van der Waals surface area contributed by atoms with Gasteiger partial charge in [0.2, 0.25) is 0 Å². The Hall–Kier alpha value is -0.883. The predicted octanol–water partition coefficient (Wildman–Crippen LogP) is 3.74. The number of rotatable bonds is 6. The van der Waals surface area contributed by atoms with Crippen molar-refractivity contribution in [2.75, 3.05) is 6.61 Å². The smallest absolute Gasteiger partial charge is 0.408 e. The van der Waals surface area contributed by atoms with Crippen LogP contribution in [0.25, 0.3) is 0 Å². The fraction of sp³-hybridized carbons (Fsp3) is 0.867. The minimum absolute atomic E-state index is 0.0974. The number of carbonyl (C=O) groups is 2. The monoisotopic (exact) mass is 317 g/mol. The maximum atomic E-state index is 11.4. The molecule has 21 heavy (non-hydrogen) atoms. The Bertz CT molecular complexity index is 369. The highest BCUT2D eigenvalue weighted by Gasteiger charge is 2.38.